The van der Waals surface area contributed by atoms with Crippen molar-refractivity contribution in [2.24, 2.45) is 23.2 Å². The number of benzene rings is 3. The van der Waals surface area contributed by atoms with Crippen LogP contribution in [0.25, 0.3) is 0 Å². The number of rotatable bonds is 18. The molecule has 2 fully saturated rings. The zero-order chi connectivity index (χ0) is 36.9. The summed E-state index contributed by atoms with van der Waals surface area (Å²) >= 11 is 0. The van der Waals surface area contributed by atoms with Gasteiger partial charge in [-0.25, -0.2) is 14.4 Å². The number of hydrogen-bond acceptors (Lipinski definition) is 9. The van der Waals surface area contributed by atoms with Crippen molar-refractivity contribution in [2.75, 3.05) is 33.0 Å². The fourth-order valence-electron chi connectivity index (χ4n) is 6.71. The predicted octanol–water partition coefficient (Wildman–Crippen LogP) is 9.13. The molecule has 3 aromatic carbocycles. The molecule has 0 radical (unpaired) electrons. The molecule has 52 heavy (non-hydrogen) atoms. The largest absolute Gasteiger partial charge is 0.494 e. The molecule has 2 aliphatic rings. The zero-order valence-corrected chi connectivity index (χ0v) is 31.1. The molecule has 0 amide bonds. The molecule has 1 aliphatic heterocycles. The Kier molecular flexibility index (Phi) is 14.3. The average molecular weight is 715 g/mol. The Balaban J connectivity index is 0.989. The fourth-order valence-corrected chi connectivity index (χ4v) is 6.71. The molecule has 5 rings (SSSR count). The molecule has 1 saturated heterocycles. The van der Waals surface area contributed by atoms with Gasteiger partial charge in [-0.2, -0.15) is 0 Å². The first-order valence-corrected chi connectivity index (χ1v) is 18.9. The average Bonchev–Trinajstić information content (AvgIpc) is 3.12. The minimum atomic E-state index is -0.580. The number of carbonyl (C=O) groups excluding carboxylic acids is 3. The molecular formula is C43H54O9. The molecule has 9 nitrogen and oxygen atoms in total. The van der Waals surface area contributed by atoms with Crippen LogP contribution in [-0.2, 0) is 14.2 Å². The molecule has 1 heterocycles. The van der Waals surface area contributed by atoms with Crippen LogP contribution in [0.2, 0.25) is 0 Å². The quantitative estimate of drug-likeness (QED) is 0.0725. The Bertz CT molecular complexity index is 1570. The maximum Gasteiger partial charge on any atom is 0.343 e. The topological polar surface area (TPSA) is 107 Å². The van der Waals surface area contributed by atoms with E-state index < -0.39 is 11.9 Å². The van der Waals surface area contributed by atoms with Crippen LogP contribution < -0.4 is 14.2 Å². The van der Waals surface area contributed by atoms with Crippen LogP contribution in [0.15, 0.2) is 72.8 Å². The lowest BCUT2D eigenvalue weighted by Crippen LogP contribution is -2.45. The first-order chi connectivity index (χ1) is 25.1. The lowest BCUT2D eigenvalue weighted by Gasteiger charge is -2.40. The Morgan fingerprint density at radius 2 is 1.23 bits per heavy atom. The van der Waals surface area contributed by atoms with Crippen molar-refractivity contribution in [3.05, 3.63) is 89.5 Å². The first kappa shape index (κ1) is 39.0. The van der Waals surface area contributed by atoms with Gasteiger partial charge in [0.25, 0.3) is 0 Å². The molecule has 280 valence electrons. The Labute approximate surface area is 308 Å². The molecule has 0 bridgehead atoms. The minimum absolute atomic E-state index is 0.102. The lowest BCUT2D eigenvalue weighted by atomic mass is 9.75. The Hall–Kier alpha value is -4.21. The number of carbonyl (C=O) groups is 3. The van der Waals surface area contributed by atoms with E-state index in [0.29, 0.717) is 52.5 Å². The van der Waals surface area contributed by atoms with Crippen molar-refractivity contribution < 1.29 is 42.8 Å². The summed E-state index contributed by atoms with van der Waals surface area (Å²) < 4.78 is 34.0. The van der Waals surface area contributed by atoms with Gasteiger partial charge < -0.3 is 28.4 Å². The molecule has 9 heteroatoms. The van der Waals surface area contributed by atoms with E-state index in [0.717, 1.165) is 77.8 Å². The van der Waals surface area contributed by atoms with Crippen molar-refractivity contribution in [3.8, 4) is 17.2 Å². The summed E-state index contributed by atoms with van der Waals surface area (Å²) in [5.74, 6) is 1.20. The highest BCUT2D eigenvalue weighted by atomic mass is 16.5. The summed E-state index contributed by atoms with van der Waals surface area (Å²) in [4.78, 5) is 38.5. The van der Waals surface area contributed by atoms with Crippen LogP contribution in [0.3, 0.4) is 0 Å². The molecule has 3 atom stereocenters. The van der Waals surface area contributed by atoms with Crippen LogP contribution in [0.5, 0.6) is 17.2 Å². The number of ether oxygens (including phenoxy) is 6. The molecule has 1 saturated carbocycles. The van der Waals surface area contributed by atoms with Crippen LogP contribution in [-0.4, -0.2) is 57.0 Å². The van der Waals surface area contributed by atoms with Gasteiger partial charge in [0.1, 0.15) is 23.4 Å². The van der Waals surface area contributed by atoms with E-state index in [1.54, 1.807) is 48.5 Å². The molecule has 0 aromatic heterocycles. The number of esters is 3. The van der Waals surface area contributed by atoms with E-state index in [1.807, 2.05) is 0 Å². The van der Waals surface area contributed by atoms with Gasteiger partial charge in [-0.3, -0.25) is 0 Å². The summed E-state index contributed by atoms with van der Waals surface area (Å²) in [6, 6.07) is 19.4. The zero-order valence-electron chi connectivity index (χ0n) is 31.1. The highest BCUT2D eigenvalue weighted by molar-refractivity contribution is 5.94. The highest BCUT2D eigenvalue weighted by Crippen LogP contribution is 2.36. The van der Waals surface area contributed by atoms with E-state index >= 15 is 0 Å². The third kappa shape index (κ3) is 11.1. The second-order valence-corrected chi connectivity index (χ2v) is 14.8. The lowest BCUT2D eigenvalue weighted by molar-refractivity contribution is -0.150. The van der Waals surface area contributed by atoms with Crippen molar-refractivity contribution >= 4 is 17.9 Å². The van der Waals surface area contributed by atoms with Gasteiger partial charge in [0.15, 0.2) is 0 Å². The molecular weight excluding hydrogens is 660 g/mol. The maximum absolute atomic E-state index is 12.9. The van der Waals surface area contributed by atoms with Crippen molar-refractivity contribution in [3.63, 3.8) is 0 Å². The summed E-state index contributed by atoms with van der Waals surface area (Å²) in [7, 11) is 0. The molecule has 3 unspecified atom stereocenters. The smallest absolute Gasteiger partial charge is 0.343 e. The summed E-state index contributed by atoms with van der Waals surface area (Å²) in [5.41, 5.74) is 1.24. The molecule has 0 N–H and O–H groups in total. The fraction of sp³-hybridized carbons (Fsp3) is 0.512. The second kappa shape index (κ2) is 19.0. The van der Waals surface area contributed by atoms with E-state index in [2.05, 4.69) is 27.7 Å². The van der Waals surface area contributed by atoms with Crippen LogP contribution in [0.4, 0.5) is 0 Å². The van der Waals surface area contributed by atoms with E-state index in [-0.39, 0.29) is 23.2 Å². The molecule has 0 spiro atoms. The first-order valence-electron chi connectivity index (χ1n) is 18.9. The normalized spacial score (nSPS) is 19.4. The SMILES string of the molecule is CCC1(COCCCCCCOc2ccc(OC(=O)c3ccc(OC(=O)c4ccc(C(=O)OC5CC(C)CCC5C(C)C)cc4)cc3)cc2)COC1. The minimum Gasteiger partial charge on any atom is -0.494 e. The van der Waals surface area contributed by atoms with Crippen molar-refractivity contribution in [2.45, 2.75) is 85.2 Å². The predicted molar refractivity (Wildman–Crippen MR) is 198 cm³/mol. The monoisotopic (exact) mass is 714 g/mol. The number of hydrogen-bond donors (Lipinski definition) is 0. The van der Waals surface area contributed by atoms with Gasteiger partial charge in [-0.15, -0.1) is 0 Å². The van der Waals surface area contributed by atoms with Crippen molar-refractivity contribution in [1.82, 2.24) is 0 Å². The van der Waals surface area contributed by atoms with Crippen LogP contribution >= 0.6 is 0 Å². The Morgan fingerprint density at radius 3 is 1.77 bits per heavy atom. The third-order valence-corrected chi connectivity index (χ3v) is 10.3. The third-order valence-electron chi connectivity index (χ3n) is 10.3. The van der Waals surface area contributed by atoms with Gasteiger partial charge in [-0.1, -0.05) is 40.5 Å². The summed E-state index contributed by atoms with van der Waals surface area (Å²) in [5, 5.41) is 0. The van der Waals surface area contributed by atoms with E-state index in [1.165, 1.54) is 24.3 Å². The summed E-state index contributed by atoms with van der Waals surface area (Å²) in [6.07, 6.45) is 8.25. The van der Waals surface area contributed by atoms with Gasteiger partial charge in [-0.05, 0) is 129 Å². The van der Waals surface area contributed by atoms with Gasteiger partial charge in [0.05, 0.1) is 43.1 Å². The second-order valence-electron chi connectivity index (χ2n) is 14.8. The van der Waals surface area contributed by atoms with Crippen molar-refractivity contribution in [1.29, 1.82) is 0 Å². The maximum atomic E-state index is 12.9. The van der Waals surface area contributed by atoms with Gasteiger partial charge in [0, 0.05) is 12.0 Å². The van der Waals surface area contributed by atoms with Crippen LogP contribution in [0.1, 0.15) is 110 Å². The standard InChI is InChI=1S/C43H54O9/c1-5-43(28-48-29-43)27-47-24-8-6-7-9-25-49-35-19-21-37(22-20-35)51-41(45)34-15-17-36(18-16-34)50-40(44)32-11-13-33(14-12-32)42(46)52-39-26-31(4)10-23-38(39)30(2)3/h11-22,30-31,38-39H,5-10,23-29H2,1-4H3. The molecule has 1 aliphatic carbocycles. The highest BCUT2D eigenvalue weighted by Gasteiger charge is 2.37. The molecule has 3 aromatic rings. The van der Waals surface area contributed by atoms with Gasteiger partial charge in [0.2, 0.25) is 0 Å². The van der Waals surface area contributed by atoms with E-state index in [9.17, 15) is 14.4 Å². The number of unbranched alkanes of at least 4 members (excludes halogenated alkanes) is 3. The van der Waals surface area contributed by atoms with Gasteiger partial charge >= 0.3 is 17.9 Å². The van der Waals surface area contributed by atoms with E-state index in [4.69, 9.17) is 28.4 Å². The summed E-state index contributed by atoms with van der Waals surface area (Å²) in [6.45, 7) is 12.6. The Morgan fingerprint density at radius 1 is 0.712 bits per heavy atom. The van der Waals surface area contributed by atoms with Crippen LogP contribution in [0, 0.1) is 23.2 Å².